The van der Waals surface area contributed by atoms with Gasteiger partial charge in [-0.3, -0.25) is 4.98 Å². The molecule has 0 N–H and O–H groups in total. The molecule has 0 saturated heterocycles. The zero-order valence-corrected chi connectivity index (χ0v) is 15.7. The Kier molecular flexibility index (Phi) is 5.41. The lowest BCUT2D eigenvalue weighted by Gasteiger charge is -2.11. The van der Waals surface area contributed by atoms with E-state index in [1.165, 1.54) is 0 Å². The molecule has 0 saturated carbocycles. The molecule has 0 amide bonds. The number of nitrogens with zero attached hydrogens (tertiary/aromatic N) is 2. The fraction of sp³-hybridized carbons (Fsp3) is 0.333. The predicted molar refractivity (Wildman–Crippen MR) is 101 cm³/mol. The SMILES string of the molecule is CCCOC(=O)n1c2cnccc2c2c(C(Br)CCCl)cccc21. The summed E-state index contributed by atoms with van der Waals surface area (Å²) in [6.07, 6.45) is 4.66. The minimum atomic E-state index is -0.370. The monoisotopic (exact) mass is 408 g/mol. The number of benzene rings is 1. The van der Waals surface area contributed by atoms with E-state index in [2.05, 4.69) is 27.0 Å². The van der Waals surface area contributed by atoms with Crippen LogP contribution in [-0.2, 0) is 4.74 Å². The van der Waals surface area contributed by atoms with Gasteiger partial charge in [0.1, 0.15) is 0 Å². The second-order valence-electron chi connectivity index (χ2n) is 5.53. The lowest BCUT2D eigenvalue weighted by Crippen LogP contribution is -2.14. The van der Waals surface area contributed by atoms with Crippen molar-refractivity contribution in [2.45, 2.75) is 24.6 Å². The van der Waals surface area contributed by atoms with Crippen LogP contribution in [0.1, 0.15) is 30.2 Å². The van der Waals surface area contributed by atoms with E-state index in [0.29, 0.717) is 12.5 Å². The van der Waals surface area contributed by atoms with Crippen molar-refractivity contribution in [3.8, 4) is 0 Å². The van der Waals surface area contributed by atoms with E-state index in [4.69, 9.17) is 16.3 Å². The van der Waals surface area contributed by atoms with Gasteiger partial charge in [0.2, 0.25) is 0 Å². The molecule has 0 aliphatic rings. The van der Waals surface area contributed by atoms with Gasteiger partial charge >= 0.3 is 6.09 Å². The largest absolute Gasteiger partial charge is 0.449 e. The number of alkyl halides is 2. The molecule has 0 fully saturated rings. The molecule has 2 aromatic heterocycles. The van der Waals surface area contributed by atoms with Crippen LogP contribution in [0.15, 0.2) is 36.7 Å². The Balaban J connectivity index is 2.27. The molecule has 0 aliphatic heterocycles. The minimum Gasteiger partial charge on any atom is -0.449 e. The van der Waals surface area contributed by atoms with Crippen LogP contribution in [0.4, 0.5) is 4.79 Å². The summed E-state index contributed by atoms with van der Waals surface area (Å²) in [5.41, 5.74) is 2.70. The Morgan fingerprint density at radius 2 is 2.21 bits per heavy atom. The molecule has 0 spiro atoms. The van der Waals surface area contributed by atoms with E-state index in [-0.39, 0.29) is 10.9 Å². The average molecular weight is 410 g/mol. The molecule has 126 valence electrons. The van der Waals surface area contributed by atoms with Crippen LogP contribution < -0.4 is 0 Å². The van der Waals surface area contributed by atoms with Gasteiger partial charge in [-0.05, 0) is 30.5 Å². The van der Waals surface area contributed by atoms with Gasteiger partial charge in [0.15, 0.2) is 0 Å². The molecule has 0 bridgehead atoms. The summed E-state index contributed by atoms with van der Waals surface area (Å²) in [6.45, 7) is 2.37. The number of halogens is 2. The van der Waals surface area contributed by atoms with Crippen molar-refractivity contribution in [2.75, 3.05) is 12.5 Å². The van der Waals surface area contributed by atoms with Crippen LogP contribution in [0.5, 0.6) is 0 Å². The summed E-state index contributed by atoms with van der Waals surface area (Å²) < 4.78 is 6.97. The van der Waals surface area contributed by atoms with E-state index < -0.39 is 0 Å². The van der Waals surface area contributed by atoms with Crippen molar-refractivity contribution < 1.29 is 9.53 Å². The van der Waals surface area contributed by atoms with Gasteiger partial charge in [-0.15, -0.1) is 11.6 Å². The number of pyridine rings is 1. The first kappa shape index (κ1) is 17.2. The number of carbonyl (C=O) groups is 1. The maximum Gasteiger partial charge on any atom is 0.419 e. The molecule has 0 aliphatic carbocycles. The van der Waals surface area contributed by atoms with Gasteiger partial charge in [0.05, 0.1) is 23.8 Å². The molecule has 1 aromatic carbocycles. The Hall–Kier alpha value is -1.59. The van der Waals surface area contributed by atoms with Crippen LogP contribution >= 0.6 is 27.5 Å². The molecule has 24 heavy (non-hydrogen) atoms. The molecular weight excluding hydrogens is 392 g/mol. The van der Waals surface area contributed by atoms with Crippen LogP contribution in [-0.4, -0.2) is 28.1 Å². The van der Waals surface area contributed by atoms with Crippen LogP contribution in [0.3, 0.4) is 0 Å². The fourth-order valence-corrected chi connectivity index (χ4v) is 4.00. The zero-order chi connectivity index (χ0) is 17.1. The highest BCUT2D eigenvalue weighted by molar-refractivity contribution is 9.09. The zero-order valence-electron chi connectivity index (χ0n) is 13.3. The van der Waals surface area contributed by atoms with Crippen LogP contribution in [0.25, 0.3) is 21.8 Å². The smallest absolute Gasteiger partial charge is 0.419 e. The van der Waals surface area contributed by atoms with Crippen LogP contribution in [0, 0.1) is 0 Å². The summed E-state index contributed by atoms with van der Waals surface area (Å²) in [4.78, 5) is 16.9. The van der Waals surface area contributed by atoms with Gasteiger partial charge in [-0.2, -0.15) is 0 Å². The Bertz CT molecular complexity index is 878. The van der Waals surface area contributed by atoms with Gasteiger partial charge in [-0.25, -0.2) is 9.36 Å². The van der Waals surface area contributed by atoms with Gasteiger partial charge < -0.3 is 4.74 Å². The maximum absolute atomic E-state index is 12.6. The second-order valence-corrected chi connectivity index (χ2v) is 7.01. The number of hydrogen-bond donors (Lipinski definition) is 0. The molecule has 1 atom stereocenters. The van der Waals surface area contributed by atoms with Gasteiger partial charge in [0.25, 0.3) is 0 Å². The third-order valence-electron chi connectivity index (χ3n) is 3.94. The van der Waals surface area contributed by atoms with Crippen molar-refractivity contribution in [2.24, 2.45) is 0 Å². The third kappa shape index (κ3) is 3.03. The van der Waals surface area contributed by atoms with Gasteiger partial charge in [0, 0.05) is 27.7 Å². The highest BCUT2D eigenvalue weighted by atomic mass is 79.9. The summed E-state index contributed by atoms with van der Waals surface area (Å²) in [5, 5.41) is 2.03. The molecule has 4 nitrogen and oxygen atoms in total. The normalized spacial score (nSPS) is 12.6. The first-order valence-corrected chi connectivity index (χ1v) is 9.38. The quantitative estimate of drug-likeness (QED) is 0.511. The highest BCUT2D eigenvalue weighted by Crippen LogP contribution is 2.38. The van der Waals surface area contributed by atoms with Crippen LogP contribution in [0.2, 0.25) is 0 Å². The Morgan fingerprint density at radius 1 is 1.38 bits per heavy atom. The second kappa shape index (κ2) is 7.53. The Morgan fingerprint density at radius 3 is 2.96 bits per heavy atom. The van der Waals surface area contributed by atoms with Crippen molar-refractivity contribution in [1.29, 1.82) is 0 Å². The van der Waals surface area contributed by atoms with Crippen molar-refractivity contribution in [3.63, 3.8) is 0 Å². The van der Waals surface area contributed by atoms with E-state index in [1.54, 1.807) is 17.0 Å². The average Bonchev–Trinajstić information content (AvgIpc) is 2.94. The summed E-state index contributed by atoms with van der Waals surface area (Å²) in [6, 6.07) is 7.89. The molecule has 2 heterocycles. The van der Waals surface area contributed by atoms with Gasteiger partial charge in [-0.1, -0.05) is 35.0 Å². The summed E-state index contributed by atoms with van der Waals surface area (Å²) >= 11 is 9.63. The molecule has 1 unspecified atom stereocenters. The fourth-order valence-electron chi connectivity index (χ4n) is 2.91. The maximum atomic E-state index is 12.6. The van der Waals surface area contributed by atoms with E-state index in [9.17, 15) is 4.79 Å². The minimum absolute atomic E-state index is 0.123. The lowest BCUT2D eigenvalue weighted by molar-refractivity contribution is 0.150. The third-order valence-corrected chi connectivity index (χ3v) is 5.11. The first-order valence-electron chi connectivity index (χ1n) is 7.93. The number of rotatable bonds is 5. The number of fused-ring (bicyclic) bond motifs is 3. The summed E-state index contributed by atoms with van der Waals surface area (Å²) in [5.74, 6) is 0.561. The number of carbonyl (C=O) groups excluding carboxylic acids is 1. The molecule has 6 heteroatoms. The van der Waals surface area contributed by atoms with E-state index in [0.717, 1.165) is 40.2 Å². The number of ether oxygens (including phenoxy) is 1. The predicted octanol–water partition coefficient (Wildman–Crippen LogP) is 5.65. The van der Waals surface area contributed by atoms with Crippen molar-refractivity contribution >= 4 is 55.4 Å². The number of hydrogen-bond acceptors (Lipinski definition) is 3. The van der Waals surface area contributed by atoms with E-state index >= 15 is 0 Å². The highest BCUT2D eigenvalue weighted by Gasteiger charge is 2.21. The number of aromatic nitrogens is 2. The molecule has 0 radical (unpaired) electrons. The first-order chi connectivity index (χ1) is 11.7. The van der Waals surface area contributed by atoms with Crippen molar-refractivity contribution in [3.05, 3.63) is 42.2 Å². The lowest BCUT2D eigenvalue weighted by atomic mass is 10.0. The topological polar surface area (TPSA) is 44.1 Å². The molecule has 3 rings (SSSR count). The molecular formula is C18H18BrClN2O2. The molecule has 3 aromatic rings. The Labute approximate surface area is 153 Å². The standard InChI is InChI=1S/C18H18BrClN2O2/c1-2-10-24-18(23)22-15-5-3-4-12(14(19)6-8-20)17(15)13-7-9-21-11-16(13)22/h3-5,7,9,11,14H,2,6,8,10H2,1H3. The van der Waals surface area contributed by atoms with E-state index in [1.807, 2.05) is 25.1 Å². The van der Waals surface area contributed by atoms with Crippen molar-refractivity contribution in [1.82, 2.24) is 9.55 Å². The summed E-state index contributed by atoms with van der Waals surface area (Å²) in [7, 11) is 0.